The molecule has 0 aliphatic rings. The monoisotopic (exact) mass is 557 g/mol. The molecule has 194 valence electrons. The van der Waals surface area contributed by atoms with E-state index in [-0.39, 0.29) is 44.5 Å². The van der Waals surface area contributed by atoms with Crippen molar-refractivity contribution in [3.63, 3.8) is 0 Å². The van der Waals surface area contributed by atoms with Crippen molar-refractivity contribution in [3.05, 3.63) is 81.8 Å². The van der Waals surface area contributed by atoms with Crippen LogP contribution in [0.25, 0.3) is 21.5 Å². The molecule has 5 rings (SSSR count). The van der Waals surface area contributed by atoms with Crippen LogP contribution in [0, 0.1) is 6.92 Å². The van der Waals surface area contributed by atoms with Crippen LogP contribution in [0.5, 0.6) is 5.75 Å². The standard InChI is InChI=1S/C25H18ClF2N5O4S/c1-12-9-13(26)4-5-17(12)37-11-33-7-6-15(32-33)24(35)31-20-19-14(18-3-2-8-36-18)10-16(22(27)28)30-25(19)38-21(20)23(29)34/h2-10,22H,11H2,1H3,(H2,29,34)(H,31,35). The van der Waals surface area contributed by atoms with Gasteiger partial charge in [0.2, 0.25) is 0 Å². The van der Waals surface area contributed by atoms with E-state index in [9.17, 15) is 18.4 Å². The number of ether oxygens (including phenoxy) is 1. The van der Waals surface area contributed by atoms with Crippen LogP contribution in [0.4, 0.5) is 14.5 Å². The molecule has 0 atom stereocenters. The van der Waals surface area contributed by atoms with Crippen molar-refractivity contribution in [2.75, 3.05) is 5.32 Å². The van der Waals surface area contributed by atoms with Crippen LogP contribution >= 0.6 is 22.9 Å². The van der Waals surface area contributed by atoms with Crippen LogP contribution in [0.1, 0.15) is 37.8 Å². The number of nitrogens with two attached hydrogens (primary N) is 1. The molecule has 0 aliphatic heterocycles. The number of primary amides is 1. The van der Waals surface area contributed by atoms with Crippen molar-refractivity contribution >= 4 is 50.7 Å². The predicted octanol–water partition coefficient (Wildman–Crippen LogP) is 6.04. The summed E-state index contributed by atoms with van der Waals surface area (Å²) in [5.41, 5.74) is 6.17. The number of furan rings is 1. The predicted molar refractivity (Wildman–Crippen MR) is 138 cm³/mol. The second kappa shape index (κ2) is 10.2. The summed E-state index contributed by atoms with van der Waals surface area (Å²) in [4.78, 5) is 29.4. The minimum Gasteiger partial charge on any atom is -0.471 e. The molecule has 0 bridgehead atoms. The van der Waals surface area contributed by atoms with Gasteiger partial charge in [-0.05, 0) is 55.0 Å². The first-order valence-corrected chi connectivity index (χ1v) is 12.2. The number of rotatable bonds is 8. The summed E-state index contributed by atoms with van der Waals surface area (Å²) in [6.07, 6.45) is 0.0583. The Morgan fingerprint density at radius 3 is 2.76 bits per heavy atom. The van der Waals surface area contributed by atoms with E-state index in [1.165, 1.54) is 17.0 Å². The number of nitrogens with one attached hydrogen (secondary N) is 1. The Balaban J connectivity index is 1.46. The molecule has 38 heavy (non-hydrogen) atoms. The zero-order valence-electron chi connectivity index (χ0n) is 19.6. The van der Waals surface area contributed by atoms with Gasteiger partial charge in [-0.3, -0.25) is 9.59 Å². The number of hydrogen-bond acceptors (Lipinski definition) is 7. The van der Waals surface area contributed by atoms with Gasteiger partial charge in [-0.15, -0.1) is 11.3 Å². The van der Waals surface area contributed by atoms with Gasteiger partial charge in [0, 0.05) is 22.2 Å². The van der Waals surface area contributed by atoms with Gasteiger partial charge >= 0.3 is 0 Å². The Hall–Kier alpha value is -4.29. The lowest BCUT2D eigenvalue weighted by Crippen LogP contribution is -2.18. The van der Waals surface area contributed by atoms with Crippen molar-refractivity contribution in [2.24, 2.45) is 5.73 Å². The number of benzene rings is 1. The number of alkyl halides is 2. The summed E-state index contributed by atoms with van der Waals surface area (Å²) in [5, 5.41) is 7.71. The summed E-state index contributed by atoms with van der Waals surface area (Å²) in [6.45, 7) is 1.87. The smallest absolute Gasteiger partial charge is 0.280 e. The number of nitrogens with zero attached hydrogens (tertiary/aromatic N) is 3. The van der Waals surface area contributed by atoms with Crippen LogP contribution in [0.15, 0.2) is 59.3 Å². The first kappa shape index (κ1) is 25.4. The maximum atomic E-state index is 13.6. The summed E-state index contributed by atoms with van der Waals surface area (Å²) < 4.78 is 39.7. The molecule has 1 aromatic carbocycles. The molecule has 5 aromatic rings. The molecule has 0 saturated carbocycles. The summed E-state index contributed by atoms with van der Waals surface area (Å²) in [7, 11) is 0. The Bertz CT molecular complexity index is 1670. The molecule has 0 spiro atoms. The Kier molecular flexibility index (Phi) is 6.83. The fourth-order valence-electron chi connectivity index (χ4n) is 3.79. The first-order valence-electron chi connectivity index (χ1n) is 11.0. The van der Waals surface area contributed by atoms with Crippen molar-refractivity contribution in [2.45, 2.75) is 20.1 Å². The minimum absolute atomic E-state index is 0.0205. The third-order valence-electron chi connectivity index (χ3n) is 5.52. The molecule has 4 aromatic heterocycles. The van der Waals surface area contributed by atoms with Gasteiger partial charge in [0.1, 0.15) is 26.9 Å². The minimum atomic E-state index is -2.87. The van der Waals surface area contributed by atoms with Crippen molar-refractivity contribution in [3.8, 4) is 17.1 Å². The highest BCUT2D eigenvalue weighted by Crippen LogP contribution is 2.42. The van der Waals surface area contributed by atoms with E-state index in [0.29, 0.717) is 10.8 Å². The quantitative estimate of drug-likeness (QED) is 0.239. The highest BCUT2D eigenvalue weighted by Gasteiger charge is 2.26. The average Bonchev–Trinajstić information content (AvgIpc) is 3.63. The second-order valence-electron chi connectivity index (χ2n) is 8.10. The van der Waals surface area contributed by atoms with E-state index < -0.39 is 23.9 Å². The maximum absolute atomic E-state index is 13.6. The molecule has 0 fully saturated rings. The molecule has 13 heteroatoms. The van der Waals surface area contributed by atoms with E-state index in [0.717, 1.165) is 23.0 Å². The SMILES string of the molecule is Cc1cc(Cl)ccc1OCn1ccc(C(=O)Nc2c(C(N)=O)sc3nc(C(F)F)cc(-c4ccco4)c23)n1. The van der Waals surface area contributed by atoms with Crippen LogP contribution in [-0.4, -0.2) is 26.6 Å². The molecule has 0 unspecified atom stereocenters. The zero-order chi connectivity index (χ0) is 27.0. The fourth-order valence-corrected chi connectivity index (χ4v) is 5.03. The number of fused-ring (bicyclic) bond motifs is 1. The van der Waals surface area contributed by atoms with Crippen molar-refractivity contribution in [1.82, 2.24) is 14.8 Å². The number of hydrogen-bond donors (Lipinski definition) is 2. The molecule has 0 aliphatic carbocycles. The largest absolute Gasteiger partial charge is 0.471 e. The topological polar surface area (TPSA) is 125 Å². The van der Waals surface area contributed by atoms with Crippen LogP contribution < -0.4 is 15.8 Å². The Morgan fingerprint density at radius 1 is 1.26 bits per heavy atom. The van der Waals surface area contributed by atoms with Crippen LogP contribution in [-0.2, 0) is 6.73 Å². The molecule has 9 nitrogen and oxygen atoms in total. The molecule has 0 radical (unpaired) electrons. The zero-order valence-corrected chi connectivity index (χ0v) is 21.1. The average molecular weight is 558 g/mol. The van der Waals surface area contributed by atoms with Gasteiger partial charge in [-0.25, -0.2) is 18.4 Å². The first-order chi connectivity index (χ1) is 18.2. The number of carbonyl (C=O) groups is 2. The van der Waals surface area contributed by atoms with Crippen molar-refractivity contribution in [1.29, 1.82) is 0 Å². The molecular formula is C25H18ClF2N5O4S. The van der Waals surface area contributed by atoms with Gasteiger partial charge in [-0.2, -0.15) is 5.10 Å². The molecule has 3 N–H and O–H groups in total. The fraction of sp³-hybridized carbons (Fsp3) is 0.120. The number of pyridine rings is 1. The third kappa shape index (κ3) is 4.95. The maximum Gasteiger partial charge on any atom is 0.280 e. The number of aromatic nitrogens is 3. The summed E-state index contributed by atoms with van der Waals surface area (Å²) >= 11 is 6.76. The van der Waals surface area contributed by atoms with E-state index in [2.05, 4.69) is 15.4 Å². The number of thiophene rings is 1. The van der Waals surface area contributed by atoms with E-state index >= 15 is 0 Å². The molecular weight excluding hydrogens is 540 g/mol. The van der Waals surface area contributed by atoms with E-state index in [1.807, 2.05) is 6.92 Å². The normalized spacial score (nSPS) is 11.3. The van der Waals surface area contributed by atoms with Crippen LogP contribution in [0.3, 0.4) is 0 Å². The molecule has 4 heterocycles. The number of aryl methyl sites for hydroxylation is 1. The lowest BCUT2D eigenvalue weighted by Gasteiger charge is -2.10. The lowest BCUT2D eigenvalue weighted by molar-refractivity contribution is 0.100. The van der Waals surface area contributed by atoms with E-state index in [1.54, 1.807) is 36.5 Å². The number of amides is 2. The lowest BCUT2D eigenvalue weighted by atomic mass is 10.1. The van der Waals surface area contributed by atoms with Crippen LogP contribution in [0.2, 0.25) is 5.02 Å². The number of halogens is 3. The number of anilines is 1. The molecule has 2 amide bonds. The summed E-state index contributed by atoms with van der Waals surface area (Å²) in [5.74, 6) is -0.656. The highest BCUT2D eigenvalue weighted by molar-refractivity contribution is 7.21. The molecule has 0 saturated heterocycles. The Labute approximate surface area is 222 Å². The second-order valence-corrected chi connectivity index (χ2v) is 9.54. The van der Waals surface area contributed by atoms with Gasteiger partial charge in [0.25, 0.3) is 18.2 Å². The van der Waals surface area contributed by atoms with Crippen molar-refractivity contribution < 1.29 is 27.5 Å². The van der Waals surface area contributed by atoms with Gasteiger partial charge in [0.05, 0.1) is 12.0 Å². The Morgan fingerprint density at radius 2 is 2.08 bits per heavy atom. The third-order valence-corrected chi connectivity index (χ3v) is 6.85. The highest BCUT2D eigenvalue weighted by atomic mass is 35.5. The van der Waals surface area contributed by atoms with Gasteiger partial charge < -0.3 is 20.2 Å². The van der Waals surface area contributed by atoms with Gasteiger partial charge in [-0.1, -0.05) is 11.6 Å². The van der Waals surface area contributed by atoms with E-state index in [4.69, 9.17) is 26.5 Å². The summed E-state index contributed by atoms with van der Waals surface area (Å²) in [6, 6.07) is 11.0. The van der Waals surface area contributed by atoms with Gasteiger partial charge in [0.15, 0.2) is 12.4 Å². The number of carbonyl (C=O) groups excluding carboxylic acids is 2.